The van der Waals surface area contributed by atoms with Crippen LogP contribution in [0.4, 0.5) is 0 Å². The van der Waals surface area contributed by atoms with E-state index in [2.05, 4.69) is 38.1 Å². The van der Waals surface area contributed by atoms with Crippen molar-refractivity contribution in [2.24, 2.45) is 0 Å². The smallest absolute Gasteiger partial charge is 0.414 e. The molecule has 4 nitrogen and oxygen atoms in total. The fourth-order valence-electron chi connectivity index (χ4n) is 1.58. The fourth-order valence-corrected chi connectivity index (χ4v) is 1.58. The topological polar surface area (TPSA) is 74.6 Å². The monoisotopic (exact) mass is 252 g/mol. The lowest BCUT2D eigenvalue weighted by atomic mass is 10.00. The first-order valence-corrected chi connectivity index (χ1v) is 6.05. The van der Waals surface area contributed by atoms with Gasteiger partial charge in [0.15, 0.2) is 0 Å². The molecule has 0 spiro atoms. The van der Waals surface area contributed by atoms with Crippen LogP contribution >= 0.6 is 0 Å². The zero-order valence-electron chi connectivity index (χ0n) is 10.8. The van der Waals surface area contributed by atoms with E-state index in [0.717, 1.165) is 0 Å². The summed E-state index contributed by atoms with van der Waals surface area (Å²) < 4.78 is 0. The predicted molar refractivity (Wildman–Crippen MR) is 69.7 cm³/mol. The molecular formula is C14H20O4. The molecule has 0 heterocycles. The number of aliphatic carboxylic acids is 2. The highest BCUT2D eigenvalue weighted by molar-refractivity contribution is 6.27. The Balaban J connectivity index is 0.000000411. The number of carboxylic acids is 2. The first-order valence-electron chi connectivity index (χ1n) is 6.05. The quantitative estimate of drug-likeness (QED) is 0.808. The molecule has 18 heavy (non-hydrogen) atoms. The van der Waals surface area contributed by atoms with E-state index < -0.39 is 11.9 Å². The fraction of sp³-hybridized carbons (Fsp3) is 0.429. The summed E-state index contributed by atoms with van der Waals surface area (Å²) in [4.78, 5) is 18.2. The molecule has 0 unspecified atom stereocenters. The van der Waals surface area contributed by atoms with Gasteiger partial charge in [-0.3, -0.25) is 0 Å². The molecule has 4 heteroatoms. The van der Waals surface area contributed by atoms with Crippen molar-refractivity contribution in [1.82, 2.24) is 0 Å². The van der Waals surface area contributed by atoms with Gasteiger partial charge in [-0.05, 0) is 24.0 Å². The Morgan fingerprint density at radius 3 is 1.44 bits per heavy atom. The van der Waals surface area contributed by atoms with Crippen molar-refractivity contribution < 1.29 is 19.8 Å². The Kier molecular flexibility index (Phi) is 8.27. The Bertz CT molecular complexity index is 348. The largest absolute Gasteiger partial charge is 0.473 e. The van der Waals surface area contributed by atoms with Gasteiger partial charge >= 0.3 is 11.9 Å². The van der Waals surface area contributed by atoms with Gasteiger partial charge in [0.1, 0.15) is 0 Å². The van der Waals surface area contributed by atoms with Gasteiger partial charge in [0.05, 0.1) is 0 Å². The summed E-state index contributed by atoms with van der Waals surface area (Å²) >= 11 is 0. The Morgan fingerprint density at radius 1 is 0.889 bits per heavy atom. The molecule has 0 saturated heterocycles. The van der Waals surface area contributed by atoms with Crippen molar-refractivity contribution in [2.45, 2.75) is 39.5 Å². The van der Waals surface area contributed by atoms with E-state index in [9.17, 15) is 0 Å². The summed E-state index contributed by atoms with van der Waals surface area (Å²) in [6.45, 7) is 4.48. The van der Waals surface area contributed by atoms with Gasteiger partial charge in [0.25, 0.3) is 0 Å². The van der Waals surface area contributed by atoms with Crippen LogP contribution in [0.25, 0.3) is 0 Å². The maximum absolute atomic E-state index is 9.10. The minimum absolute atomic E-state index is 1.23. The van der Waals surface area contributed by atoms with Crippen molar-refractivity contribution in [3.05, 3.63) is 35.4 Å². The van der Waals surface area contributed by atoms with Gasteiger partial charge in [0.2, 0.25) is 0 Å². The normalized spacial score (nSPS) is 9.22. The summed E-state index contributed by atoms with van der Waals surface area (Å²) in [7, 11) is 0. The lowest BCUT2D eigenvalue weighted by molar-refractivity contribution is -0.159. The minimum atomic E-state index is -1.82. The minimum Gasteiger partial charge on any atom is -0.473 e. The molecule has 0 bridgehead atoms. The zero-order chi connectivity index (χ0) is 14.0. The van der Waals surface area contributed by atoms with Crippen LogP contribution in [-0.4, -0.2) is 22.2 Å². The van der Waals surface area contributed by atoms with Crippen molar-refractivity contribution >= 4 is 11.9 Å². The van der Waals surface area contributed by atoms with E-state index in [4.69, 9.17) is 19.8 Å². The Labute approximate surface area is 107 Å². The second-order valence-corrected chi connectivity index (χ2v) is 3.88. The number of carbonyl (C=O) groups is 2. The van der Waals surface area contributed by atoms with Gasteiger partial charge in [-0.2, -0.15) is 0 Å². The molecule has 0 aliphatic rings. The van der Waals surface area contributed by atoms with Crippen LogP contribution in [0.2, 0.25) is 0 Å². The van der Waals surface area contributed by atoms with Gasteiger partial charge in [-0.15, -0.1) is 0 Å². The van der Waals surface area contributed by atoms with E-state index in [1.807, 2.05) is 0 Å². The third kappa shape index (κ3) is 6.68. The molecule has 1 aromatic carbocycles. The van der Waals surface area contributed by atoms with Crippen molar-refractivity contribution in [1.29, 1.82) is 0 Å². The van der Waals surface area contributed by atoms with E-state index in [-0.39, 0.29) is 0 Å². The summed E-state index contributed by atoms with van der Waals surface area (Å²) in [5.74, 6) is -3.65. The Hall–Kier alpha value is -1.84. The van der Waals surface area contributed by atoms with E-state index in [1.165, 1.54) is 25.7 Å². The maximum Gasteiger partial charge on any atom is 0.414 e. The molecule has 0 saturated carbocycles. The molecule has 2 N–H and O–H groups in total. The lowest BCUT2D eigenvalue weighted by Crippen LogP contribution is -2.09. The zero-order valence-corrected chi connectivity index (χ0v) is 10.8. The molecule has 0 aromatic heterocycles. The van der Waals surface area contributed by atoms with Crippen LogP contribution < -0.4 is 0 Å². The SMILES string of the molecule is CCCc1ccccc1CCC.O=C(O)C(=O)O. The molecule has 0 radical (unpaired) electrons. The van der Waals surface area contributed by atoms with Crippen LogP contribution in [-0.2, 0) is 22.4 Å². The van der Waals surface area contributed by atoms with E-state index in [1.54, 1.807) is 11.1 Å². The molecular weight excluding hydrogens is 232 g/mol. The lowest BCUT2D eigenvalue weighted by Gasteiger charge is -2.06. The second-order valence-electron chi connectivity index (χ2n) is 3.88. The first-order chi connectivity index (χ1) is 8.52. The number of aryl methyl sites for hydroxylation is 2. The molecule has 0 aliphatic carbocycles. The van der Waals surface area contributed by atoms with Gasteiger partial charge in [-0.25, -0.2) is 9.59 Å². The highest BCUT2D eigenvalue weighted by Gasteiger charge is 2.04. The van der Waals surface area contributed by atoms with Crippen LogP contribution in [0.15, 0.2) is 24.3 Å². The summed E-state index contributed by atoms with van der Waals surface area (Å²) in [5, 5.41) is 14.8. The number of hydrogen-bond donors (Lipinski definition) is 2. The van der Waals surface area contributed by atoms with Crippen LogP contribution in [0.3, 0.4) is 0 Å². The molecule has 0 amide bonds. The highest BCUT2D eigenvalue weighted by Crippen LogP contribution is 2.12. The van der Waals surface area contributed by atoms with Gasteiger partial charge in [-0.1, -0.05) is 51.0 Å². The number of carboxylic acid groups (broad SMARTS) is 2. The number of benzene rings is 1. The molecule has 0 atom stereocenters. The first kappa shape index (κ1) is 16.2. The average Bonchev–Trinajstić information content (AvgIpc) is 2.33. The third-order valence-corrected chi connectivity index (χ3v) is 2.34. The van der Waals surface area contributed by atoms with Crippen LogP contribution in [0, 0.1) is 0 Å². The molecule has 1 aromatic rings. The summed E-state index contributed by atoms with van der Waals surface area (Å²) in [6.07, 6.45) is 4.97. The molecule has 0 fully saturated rings. The molecule has 100 valence electrons. The van der Waals surface area contributed by atoms with Crippen molar-refractivity contribution in [3.63, 3.8) is 0 Å². The summed E-state index contributed by atoms with van der Waals surface area (Å²) in [6, 6.07) is 8.80. The highest BCUT2D eigenvalue weighted by atomic mass is 16.4. The van der Waals surface area contributed by atoms with Crippen molar-refractivity contribution in [3.8, 4) is 0 Å². The second kappa shape index (κ2) is 9.22. The average molecular weight is 252 g/mol. The standard InChI is InChI=1S/C12H18.C2H2O4/c1-3-7-11-9-5-6-10-12(11)8-4-2;3-1(4)2(5)6/h5-6,9-10H,3-4,7-8H2,1-2H3;(H,3,4)(H,5,6). The maximum atomic E-state index is 9.10. The summed E-state index contributed by atoms with van der Waals surface area (Å²) in [5.41, 5.74) is 3.09. The van der Waals surface area contributed by atoms with Crippen molar-refractivity contribution in [2.75, 3.05) is 0 Å². The van der Waals surface area contributed by atoms with Crippen LogP contribution in [0.1, 0.15) is 37.8 Å². The molecule has 1 rings (SSSR count). The predicted octanol–water partition coefficient (Wildman–Crippen LogP) is 2.75. The van der Waals surface area contributed by atoms with E-state index >= 15 is 0 Å². The number of hydrogen-bond acceptors (Lipinski definition) is 2. The molecule has 0 aliphatic heterocycles. The van der Waals surface area contributed by atoms with Gasteiger partial charge in [0, 0.05) is 0 Å². The van der Waals surface area contributed by atoms with Crippen LogP contribution in [0.5, 0.6) is 0 Å². The van der Waals surface area contributed by atoms with Gasteiger partial charge < -0.3 is 10.2 Å². The third-order valence-electron chi connectivity index (χ3n) is 2.34. The van der Waals surface area contributed by atoms with E-state index in [0.29, 0.717) is 0 Å². The Morgan fingerprint density at radius 2 is 1.22 bits per heavy atom. The number of rotatable bonds is 4.